The van der Waals surface area contributed by atoms with Gasteiger partial charge in [0, 0.05) is 17.1 Å². The van der Waals surface area contributed by atoms with E-state index in [4.69, 9.17) is 4.74 Å². The topological polar surface area (TPSA) is 98.1 Å². The van der Waals surface area contributed by atoms with Crippen molar-refractivity contribution in [3.05, 3.63) is 47.4 Å². The van der Waals surface area contributed by atoms with Crippen LogP contribution < -0.4 is 10.6 Å². The second-order valence-electron chi connectivity index (χ2n) is 5.92. The van der Waals surface area contributed by atoms with Crippen molar-refractivity contribution >= 4 is 23.8 Å². The quantitative estimate of drug-likeness (QED) is 0.582. The van der Waals surface area contributed by atoms with Crippen LogP contribution in [0.4, 0.5) is 4.79 Å². The zero-order valence-electron chi connectivity index (χ0n) is 15.4. The predicted octanol–water partition coefficient (Wildman–Crippen LogP) is 2.19. The fraction of sp³-hybridized carbons (Fsp3) is 0.333. The number of ether oxygens (including phenoxy) is 1. The molecule has 2 amide bonds. The number of thioether (sulfide) groups is 1. The number of para-hydroxylation sites is 1. The first-order chi connectivity index (χ1) is 13.0. The molecule has 8 nitrogen and oxygen atoms in total. The van der Waals surface area contributed by atoms with Gasteiger partial charge in [-0.3, -0.25) is 4.57 Å². The highest BCUT2D eigenvalue weighted by Crippen LogP contribution is 2.25. The van der Waals surface area contributed by atoms with Crippen LogP contribution in [0, 0.1) is 6.92 Å². The van der Waals surface area contributed by atoms with Crippen LogP contribution in [-0.2, 0) is 9.53 Å². The molecule has 0 spiro atoms. The number of hydrogen-bond acceptors (Lipinski definition) is 6. The average molecular weight is 387 g/mol. The summed E-state index contributed by atoms with van der Waals surface area (Å²) in [7, 11) is 0. The van der Waals surface area contributed by atoms with Gasteiger partial charge in [-0.1, -0.05) is 30.0 Å². The largest absolute Gasteiger partial charge is 0.463 e. The predicted molar refractivity (Wildman–Crippen MR) is 102 cm³/mol. The summed E-state index contributed by atoms with van der Waals surface area (Å²) in [5, 5.41) is 14.5. The van der Waals surface area contributed by atoms with Crippen LogP contribution in [0.3, 0.4) is 0 Å². The molecule has 0 fully saturated rings. The molecule has 1 aliphatic heterocycles. The van der Waals surface area contributed by atoms with E-state index in [1.807, 2.05) is 41.8 Å². The van der Waals surface area contributed by atoms with Crippen LogP contribution >= 0.6 is 11.8 Å². The minimum Gasteiger partial charge on any atom is -0.463 e. The van der Waals surface area contributed by atoms with Crippen LogP contribution in [0.1, 0.15) is 19.7 Å². The Hall–Kier alpha value is -2.81. The molecule has 1 aliphatic rings. The van der Waals surface area contributed by atoms with Gasteiger partial charge in [-0.2, -0.15) is 0 Å². The molecule has 2 N–H and O–H groups in total. The second-order valence-corrected chi connectivity index (χ2v) is 6.86. The minimum atomic E-state index is -0.436. The first-order valence-electron chi connectivity index (χ1n) is 8.59. The number of nitrogens with one attached hydrogen (secondary N) is 2. The molecule has 0 aliphatic carbocycles. The third-order valence-electron chi connectivity index (χ3n) is 4.02. The molecule has 0 bridgehead atoms. The highest BCUT2D eigenvalue weighted by atomic mass is 32.2. The number of rotatable bonds is 6. The van der Waals surface area contributed by atoms with Crippen LogP contribution in [0.2, 0.25) is 0 Å². The number of urea groups is 1. The standard InChI is InChI=1S/C18H21N5O3S/c1-4-26-16(24)15-11(2)19-17(25)20-14(15)10-27-18-22-21-12(3)23(18)13-8-6-5-7-9-13/h5-9,11H,4,10H2,1-3H3,(H2,19,20,25). The molecule has 1 aromatic carbocycles. The monoisotopic (exact) mass is 387 g/mol. The molecule has 0 saturated carbocycles. The molecule has 1 unspecified atom stereocenters. The number of aryl methyl sites for hydroxylation is 1. The molecule has 0 saturated heterocycles. The first kappa shape index (κ1) is 19.0. The van der Waals surface area contributed by atoms with Crippen molar-refractivity contribution in [2.75, 3.05) is 12.4 Å². The SMILES string of the molecule is CCOC(=O)C1=C(CSc2nnc(C)n2-c2ccccc2)NC(=O)NC1C. The van der Waals surface area contributed by atoms with Gasteiger partial charge in [0.2, 0.25) is 0 Å². The van der Waals surface area contributed by atoms with E-state index in [1.165, 1.54) is 11.8 Å². The lowest BCUT2D eigenvalue weighted by atomic mass is 10.1. The van der Waals surface area contributed by atoms with Gasteiger partial charge in [-0.25, -0.2) is 9.59 Å². The zero-order chi connectivity index (χ0) is 19.4. The lowest BCUT2D eigenvalue weighted by Crippen LogP contribution is -2.49. The Morgan fingerprint density at radius 2 is 2.04 bits per heavy atom. The number of esters is 1. The van der Waals surface area contributed by atoms with Crippen LogP contribution in [0.25, 0.3) is 5.69 Å². The first-order valence-corrected chi connectivity index (χ1v) is 9.57. The van der Waals surface area contributed by atoms with Gasteiger partial charge in [-0.05, 0) is 32.9 Å². The fourth-order valence-corrected chi connectivity index (χ4v) is 3.81. The Balaban J connectivity index is 1.88. The van der Waals surface area contributed by atoms with Crippen LogP contribution in [0.15, 0.2) is 46.8 Å². The van der Waals surface area contributed by atoms with Gasteiger partial charge in [0.1, 0.15) is 5.82 Å². The van der Waals surface area contributed by atoms with Gasteiger partial charge in [0.15, 0.2) is 5.16 Å². The highest BCUT2D eigenvalue weighted by Gasteiger charge is 2.30. The number of carbonyl (C=O) groups is 2. The second kappa shape index (κ2) is 8.26. The number of carbonyl (C=O) groups excluding carboxylic acids is 2. The number of aromatic nitrogens is 3. The van der Waals surface area contributed by atoms with Crippen molar-refractivity contribution in [1.82, 2.24) is 25.4 Å². The molecule has 3 rings (SSSR count). The van der Waals surface area contributed by atoms with Crippen molar-refractivity contribution in [2.45, 2.75) is 32.0 Å². The van der Waals surface area contributed by atoms with Gasteiger partial charge in [-0.15, -0.1) is 10.2 Å². The number of benzene rings is 1. The molecule has 1 aromatic heterocycles. The van der Waals surface area contributed by atoms with E-state index in [1.54, 1.807) is 13.8 Å². The summed E-state index contributed by atoms with van der Waals surface area (Å²) >= 11 is 1.39. The number of nitrogens with zero attached hydrogens (tertiary/aromatic N) is 3. The summed E-state index contributed by atoms with van der Waals surface area (Å²) in [5.41, 5.74) is 1.89. The molecular formula is C18H21N5O3S. The van der Waals surface area contributed by atoms with E-state index in [0.717, 1.165) is 11.5 Å². The highest BCUT2D eigenvalue weighted by molar-refractivity contribution is 7.99. The smallest absolute Gasteiger partial charge is 0.337 e. The van der Waals surface area contributed by atoms with Crippen LogP contribution in [0.5, 0.6) is 0 Å². The summed E-state index contributed by atoms with van der Waals surface area (Å²) in [4.78, 5) is 24.2. The number of amides is 2. The minimum absolute atomic E-state index is 0.269. The molecule has 0 radical (unpaired) electrons. The molecule has 2 heterocycles. The van der Waals surface area contributed by atoms with E-state index < -0.39 is 12.0 Å². The van der Waals surface area contributed by atoms with E-state index in [-0.39, 0.29) is 12.6 Å². The Bertz CT molecular complexity index is 878. The zero-order valence-corrected chi connectivity index (χ0v) is 16.2. The Morgan fingerprint density at radius 1 is 1.30 bits per heavy atom. The van der Waals surface area contributed by atoms with Crippen molar-refractivity contribution in [3.8, 4) is 5.69 Å². The van der Waals surface area contributed by atoms with Crippen molar-refractivity contribution in [3.63, 3.8) is 0 Å². The van der Waals surface area contributed by atoms with Crippen LogP contribution in [-0.4, -0.2) is 45.2 Å². The third kappa shape index (κ3) is 4.13. The van der Waals surface area contributed by atoms with Gasteiger partial charge >= 0.3 is 12.0 Å². The molecule has 2 aromatic rings. The lowest BCUT2D eigenvalue weighted by molar-refractivity contribution is -0.138. The normalized spacial score (nSPS) is 16.7. The van der Waals surface area contributed by atoms with Gasteiger partial charge in [0.25, 0.3) is 0 Å². The van der Waals surface area contributed by atoms with Crippen molar-refractivity contribution < 1.29 is 14.3 Å². The molecule has 142 valence electrons. The molecular weight excluding hydrogens is 366 g/mol. The van der Waals surface area contributed by atoms with Crippen molar-refractivity contribution in [2.24, 2.45) is 0 Å². The summed E-state index contributed by atoms with van der Waals surface area (Å²) in [6.07, 6.45) is 0. The summed E-state index contributed by atoms with van der Waals surface area (Å²) in [5.74, 6) is 0.677. The number of hydrogen-bond donors (Lipinski definition) is 2. The Morgan fingerprint density at radius 3 is 2.74 bits per heavy atom. The lowest BCUT2D eigenvalue weighted by Gasteiger charge is -2.26. The maximum absolute atomic E-state index is 12.3. The molecule has 1 atom stereocenters. The van der Waals surface area contributed by atoms with Gasteiger partial charge < -0.3 is 15.4 Å². The van der Waals surface area contributed by atoms with E-state index in [9.17, 15) is 9.59 Å². The summed E-state index contributed by atoms with van der Waals surface area (Å²) in [6, 6.07) is 9.00. The fourth-order valence-electron chi connectivity index (χ4n) is 2.84. The van der Waals surface area contributed by atoms with Crippen molar-refractivity contribution in [1.29, 1.82) is 0 Å². The van der Waals surface area contributed by atoms with E-state index in [0.29, 0.717) is 22.2 Å². The molecule has 27 heavy (non-hydrogen) atoms. The Kier molecular flexibility index (Phi) is 5.80. The van der Waals surface area contributed by atoms with E-state index in [2.05, 4.69) is 20.8 Å². The summed E-state index contributed by atoms with van der Waals surface area (Å²) < 4.78 is 7.07. The maximum Gasteiger partial charge on any atom is 0.337 e. The molecule has 9 heteroatoms. The Labute approximate surface area is 161 Å². The summed E-state index contributed by atoms with van der Waals surface area (Å²) in [6.45, 7) is 5.65. The van der Waals surface area contributed by atoms with Gasteiger partial charge in [0.05, 0.1) is 18.2 Å². The average Bonchev–Trinajstić information content (AvgIpc) is 3.01. The van der Waals surface area contributed by atoms with E-state index >= 15 is 0 Å². The third-order valence-corrected chi connectivity index (χ3v) is 4.98. The maximum atomic E-state index is 12.3.